The van der Waals surface area contributed by atoms with E-state index in [1.54, 1.807) is 106 Å². The van der Waals surface area contributed by atoms with Gasteiger partial charge in [-0.15, -0.1) is 0 Å². The van der Waals surface area contributed by atoms with Crippen molar-refractivity contribution in [3.63, 3.8) is 0 Å². The second-order valence-corrected chi connectivity index (χ2v) is 26.1. The number of fused-ring (bicyclic) bond motifs is 2. The summed E-state index contributed by atoms with van der Waals surface area (Å²) in [6.07, 6.45) is 5.05. The first-order chi connectivity index (χ1) is 40.6. The first-order valence-electron chi connectivity index (χ1n) is 28.8. The second-order valence-electron chi connectivity index (χ2n) is 23.6. The van der Waals surface area contributed by atoms with Crippen LogP contribution in [0.1, 0.15) is 143 Å². The molecule has 0 radical (unpaired) electrons. The number of hydrogen-bond donors (Lipinski definition) is 7. The zero-order valence-corrected chi connectivity index (χ0v) is 53.3. The molecule has 22 nitrogen and oxygen atoms in total. The number of hydrogen-bond acceptors (Lipinski definition) is 17. The average molecular weight is 1270 g/mol. The van der Waals surface area contributed by atoms with Crippen molar-refractivity contribution in [2.75, 3.05) is 19.7 Å². The van der Waals surface area contributed by atoms with Gasteiger partial charge in [0, 0.05) is 23.9 Å². The molecule has 2 aromatic heterocycles. The highest BCUT2D eigenvalue weighted by atomic mass is 35.6. The van der Waals surface area contributed by atoms with Gasteiger partial charge in [0.15, 0.2) is 12.2 Å². The summed E-state index contributed by atoms with van der Waals surface area (Å²) in [5.74, 6) is -5.95. The number of carboxylic acids is 1. The Kier molecular flexibility index (Phi) is 25.2. The Morgan fingerprint density at radius 3 is 1.37 bits per heavy atom. The number of esters is 3. The Hall–Kier alpha value is -6.79. The van der Waals surface area contributed by atoms with Crippen LogP contribution in [-0.4, -0.2) is 143 Å². The number of aromatic nitrogens is 2. The molecule has 0 unspecified atom stereocenters. The van der Waals surface area contributed by atoms with Gasteiger partial charge in [0.25, 0.3) is 23.6 Å². The quantitative estimate of drug-likeness (QED) is 0.0238. The molecule has 0 bridgehead atoms. The molecule has 2 aliphatic rings. The Morgan fingerprint density at radius 1 is 0.621 bits per heavy atom. The highest BCUT2D eigenvalue weighted by Crippen LogP contribution is 2.29. The molecule has 0 saturated carbocycles. The molecule has 474 valence electrons. The number of halogens is 3. The maximum absolute atomic E-state index is 13.3. The van der Waals surface area contributed by atoms with E-state index in [4.69, 9.17) is 49.0 Å². The predicted octanol–water partition coefficient (Wildman–Crippen LogP) is 7.79. The van der Waals surface area contributed by atoms with Crippen LogP contribution in [0.3, 0.4) is 0 Å². The molecule has 87 heavy (non-hydrogen) atoms. The van der Waals surface area contributed by atoms with Crippen LogP contribution in [0.15, 0.2) is 72.8 Å². The topological polar surface area (TPSA) is 305 Å². The van der Waals surface area contributed by atoms with E-state index in [-0.39, 0.29) is 5.92 Å². The van der Waals surface area contributed by atoms with E-state index in [9.17, 15) is 53.7 Å². The van der Waals surface area contributed by atoms with Gasteiger partial charge in [0.2, 0.25) is 3.79 Å². The summed E-state index contributed by atoms with van der Waals surface area (Å²) in [6.45, 7) is 20.1. The number of hydrazine groups is 2. The first-order valence-corrected chi connectivity index (χ1v) is 29.9. The molecule has 6 rings (SSSR count). The maximum atomic E-state index is 13.3. The second kappa shape index (κ2) is 30.9. The van der Waals surface area contributed by atoms with E-state index in [2.05, 4.69) is 31.5 Å². The third-order valence-corrected chi connectivity index (χ3v) is 14.6. The summed E-state index contributed by atoms with van der Waals surface area (Å²) < 4.78 is 14.6. The number of carbonyl (C=O) groups is 8. The minimum atomic E-state index is -1.76. The zero-order valence-electron chi connectivity index (χ0n) is 51.1. The van der Waals surface area contributed by atoms with Gasteiger partial charge in [-0.05, 0) is 128 Å². The number of nitrogens with zero attached hydrogens (tertiary/aromatic N) is 4. The Labute approximate surface area is 522 Å². The van der Waals surface area contributed by atoms with Crippen LogP contribution >= 0.6 is 34.8 Å². The number of amides is 4. The number of aliphatic carboxylic acids is 1. The van der Waals surface area contributed by atoms with Gasteiger partial charge in [0.1, 0.15) is 30.8 Å². The van der Waals surface area contributed by atoms with Crippen LogP contribution in [0.4, 0.5) is 0 Å². The molecule has 8 atom stereocenters. The number of nitrogens with one attached hydrogen (secondary N) is 4. The largest absolute Gasteiger partial charge is 0.480 e. The number of ether oxygens (including phenoxy) is 3. The van der Waals surface area contributed by atoms with Gasteiger partial charge in [-0.3, -0.25) is 58.3 Å². The van der Waals surface area contributed by atoms with E-state index in [1.807, 2.05) is 48.5 Å². The van der Waals surface area contributed by atoms with Crippen molar-refractivity contribution in [3.05, 3.63) is 95.3 Å². The number of aliphatic hydroxyl groups excluding tert-OH is 2. The summed E-state index contributed by atoms with van der Waals surface area (Å²) in [5, 5.41) is 38.5. The van der Waals surface area contributed by atoms with Crippen molar-refractivity contribution < 1.29 is 67.9 Å². The van der Waals surface area contributed by atoms with Gasteiger partial charge in [-0.25, -0.2) is 10.9 Å². The molecule has 4 amide bonds. The minimum absolute atomic E-state index is 0.297. The lowest BCUT2D eigenvalue weighted by Gasteiger charge is -2.34. The lowest BCUT2D eigenvalue weighted by Crippen LogP contribution is -2.60. The number of benzene rings is 2. The van der Waals surface area contributed by atoms with Gasteiger partial charge in [-0.1, -0.05) is 123 Å². The standard InChI is InChI=1S/C32H41Cl3N4O7.C30H40N4O7/c1-18(2)26(27(41)36-19(3)28(42)39-15-7-8-24(38-39)29(43)45-17-32(33,34)35)46-30(44)31(5,6)14-13-21-9-10-22-11-12-23(20(4)40)37-25(22)16-21;1-17(2)25(26(36)31-18(3)27(37)34-15-7-8-23(33-34)28(38)39)41-29(40)30(5,6)14-13-20-9-10-21-11-12-22(19(4)35)32-24(21)16-20/h9-14,16,18-20,24,26,38,40H,7-8,15,17H2,1-6H3,(H,36,41);9-14,16-19,23,25,33,35H,7-8,15H2,1-6H3,(H,31,36)(H,38,39)/b2*14-13+/t19-,20+,24-,26-;18-,19+,23-,25-/m00/s1. The number of pyridine rings is 2. The monoisotopic (exact) mass is 1270 g/mol. The number of carbonyl (C=O) groups excluding carboxylic acids is 7. The number of rotatable bonds is 21. The molecular weight excluding hydrogens is 1190 g/mol. The summed E-state index contributed by atoms with van der Waals surface area (Å²) in [7, 11) is 0. The molecule has 4 aromatic rings. The molecular formula is C62H81Cl3N8O14. The lowest BCUT2D eigenvalue weighted by molar-refractivity contribution is -0.165. The average Bonchev–Trinajstić information content (AvgIpc) is 2.46. The van der Waals surface area contributed by atoms with E-state index >= 15 is 0 Å². The van der Waals surface area contributed by atoms with E-state index in [1.165, 1.54) is 23.9 Å². The predicted molar refractivity (Wildman–Crippen MR) is 330 cm³/mol. The van der Waals surface area contributed by atoms with Gasteiger partial charge >= 0.3 is 23.9 Å². The molecule has 2 aliphatic heterocycles. The van der Waals surface area contributed by atoms with Crippen molar-refractivity contribution in [1.82, 2.24) is 41.5 Å². The van der Waals surface area contributed by atoms with Crippen molar-refractivity contribution in [2.24, 2.45) is 22.7 Å². The van der Waals surface area contributed by atoms with Gasteiger partial charge < -0.3 is 40.2 Å². The van der Waals surface area contributed by atoms with E-state index in [0.717, 1.165) is 21.9 Å². The normalized spacial score (nSPS) is 18.1. The van der Waals surface area contributed by atoms with Crippen LogP contribution in [-0.2, 0) is 52.6 Å². The lowest BCUT2D eigenvalue weighted by atomic mass is 9.92. The number of alkyl halides is 3. The molecule has 0 spiro atoms. The Balaban J connectivity index is 0.000000319. The Bertz CT molecular complexity index is 3200. The molecule has 4 heterocycles. The fourth-order valence-electron chi connectivity index (χ4n) is 8.91. The maximum Gasteiger partial charge on any atom is 0.325 e. The van der Waals surface area contributed by atoms with E-state index in [0.29, 0.717) is 61.2 Å². The fraction of sp³-hybridized carbons (Fsp3) is 0.516. The molecule has 7 N–H and O–H groups in total. The number of carboxylic acid groups (broad SMARTS) is 1. The highest BCUT2D eigenvalue weighted by Gasteiger charge is 2.39. The molecule has 2 aromatic carbocycles. The van der Waals surface area contributed by atoms with Crippen LogP contribution < -0.4 is 21.5 Å². The molecule has 2 fully saturated rings. The van der Waals surface area contributed by atoms with Crippen molar-refractivity contribution in [2.45, 2.75) is 161 Å². The minimum Gasteiger partial charge on any atom is -0.480 e. The van der Waals surface area contributed by atoms with Crippen molar-refractivity contribution in [3.8, 4) is 0 Å². The van der Waals surface area contributed by atoms with Gasteiger partial charge in [-0.2, -0.15) is 0 Å². The zero-order chi connectivity index (χ0) is 64.9. The van der Waals surface area contributed by atoms with Crippen LogP contribution in [0, 0.1) is 22.7 Å². The Morgan fingerprint density at radius 2 is 1.00 bits per heavy atom. The summed E-state index contributed by atoms with van der Waals surface area (Å²) >= 11 is 16.9. The van der Waals surface area contributed by atoms with Crippen LogP contribution in [0.2, 0.25) is 0 Å². The van der Waals surface area contributed by atoms with Gasteiger partial charge in [0.05, 0.1) is 45.5 Å². The molecule has 25 heteroatoms. The first kappa shape index (κ1) is 71.0. The highest BCUT2D eigenvalue weighted by molar-refractivity contribution is 6.67. The van der Waals surface area contributed by atoms with E-state index < -0.39 is 123 Å². The van der Waals surface area contributed by atoms with Crippen molar-refractivity contribution >= 4 is 116 Å². The third kappa shape index (κ3) is 20.7. The SMILES string of the molecule is CC(C)[C@H](OC(=O)C(C)(C)/C=C/c1ccc2ccc([C@@H](C)O)nc2c1)C(=O)N[C@@H](C)C(=O)N1CCC[C@@H](C(=O)O)N1.CC(C)[C@H](OC(=O)C(C)(C)/C=C/c1ccc2ccc([C@@H](C)O)nc2c1)C(=O)N[C@@H](C)C(=O)N1CCC[C@@H](C(=O)OCC(Cl)(Cl)Cl)N1. The smallest absolute Gasteiger partial charge is 0.325 e. The number of aliphatic hydroxyl groups is 2. The fourth-order valence-corrected chi connectivity index (χ4v) is 9.07. The van der Waals surface area contributed by atoms with Crippen molar-refractivity contribution in [1.29, 1.82) is 0 Å². The molecule has 2 saturated heterocycles. The summed E-state index contributed by atoms with van der Waals surface area (Å²) in [5.41, 5.74) is 7.44. The molecule has 0 aliphatic carbocycles. The summed E-state index contributed by atoms with van der Waals surface area (Å²) in [6, 6.07) is 15.0. The summed E-state index contributed by atoms with van der Waals surface area (Å²) in [4.78, 5) is 111. The van der Waals surface area contributed by atoms with Crippen LogP contribution in [0.5, 0.6) is 0 Å². The third-order valence-electron chi connectivity index (χ3n) is 14.3. The van der Waals surface area contributed by atoms with Crippen LogP contribution in [0.25, 0.3) is 34.0 Å².